The third kappa shape index (κ3) is 3.56. The molecule has 0 saturated carbocycles. The summed E-state index contributed by atoms with van der Waals surface area (Å²) >= 11 is 7.48. The predicted molar refractivity (Wildman–Crippen MR) is 84.1 cm³/mol. The van der Waals surface area contributed by atoms with Crippen molar-refractivity contribution in [3.63, 3.8) is 0 Å². The molecule has 0 fully saturated rings. The number of nitrogens with two attached hydrogens (primary N) is 1. The van der Waals surface area contributed by atoms with Gasteiger partial charge in [0.15, 0.2) is 5.13 Å². The summed E-state index contributed by atoms with van der Waals surface area (Å²) in [7, 11) is 0. The van der Waals surface area contributed by atoms with Crippen LogP contribution in [0, 0.1) is 0 Å². The topological polar surface area (TPSA) is 68.0 Å². The van der Waals surface area contributed by atoms with E-state index in [1.54, 1.807) is 0 Å². The average Bonchev–Trinajstić information content (AvgIpc) is 2.87. The summed E-state index contributed by atoms with van der Waals surface area (Å²) in [4.78, 5) is 16.2. The standard InChI is InChI=1S/C14H16ClN3OS/c1-2-5-11(16)13(19)18-14-17-12(8-20-14)9-6-3-4-7-10(9)15/h3-4,6-8,11H,2,5,16H2,1H3,(H,17,18,19). The molecule has 0 bridgehead atoms. The van der Waals surface area contributed by atoms with Gasteiger partial charge < -0.3 is 11.1 Å². The van der Waals surface area contributed by atoms with Gasteiger partial charge in [-0.25, -0.2) is 4.98 Å². The highest BCUT2D eigenvalue weighted by atomic mass is 35.5. The number of amides is 1. The molecule has 0 radical (unpaired) electrons. The van der Waals surface area contributed by atoms with E-state index in [0.29, 0.717) is 16.6 Å². The fourth-order valence-electron chi connectivity index (χ4n) is 1.76. The van der Waals surface area contributed by atoms with Crippen molar-refractivity contribution in [3.05, 3.63) is 34.7 Å². The summed E-state index contributed by atoms with van der Waals surface area (Å²) in [6.45, 7) is 1.99. The van der Waals surface area contributed by atoms with Gasteiger partial charge >= 0.3 is 0 Å². The third-order valence-corrected chi connectivity index (χ3v) is 3.91. The number of rotatable bonds is 5. The maximum absolute atomic E-state index is 11.8. The molecular weight excluding hydrogens is 294 g/mol. The second kappa shape index (κ2) is 6.83. The van der Waals surface area contributed by atoms with Gasteiger partial charge in [-0.1, -0.05) is 43.1 Å². The van der Waals surface area contributed by atoms with Crippen molar-refractivity contribution in [1.29, 1.82) is 0 Å². The van der Waals surface area contributed by atoms with Gasteiger partial charge in [0.1, 0.15) is 0 Å². The number of hydrogen-bond acceptors (Lipinski definition) is 4. The average molecular weight is 310 g/mol. The Balaban J connectivity index is 2.10. The van der Waals surface area contributed by atoms with E-state index in [2.05, 4.69) is 10.3 Å². The van der Waals surface area contributed by atoms with Gasteiger partial charge in [0.2, 0.25) is 5.91 Å². The van der Waals surface area contributed by atoms with Gasteiger partial charge in [-0.05, 0) is 12.5 Å². The Hall–Kier alpha value is -1.43. The number of hydrogen-bond donors (Lipinski definition) is 2. The SMILES string of the molecule is CCCC(N)C(=O)Nc1nc(-c2ccccc2Cl)cs1. The van der Waals surface area contributed by atoms with Crippen LogP contribution in [0.25, 0.3) is 11.3 Å². The lowest BCUT2D eigenvalue weighted by Crippen LogP contribution is -2.35. The molecule has 20 heavy (non-hydrogen) atoms. The molecule has 0 aliphatic rings. The Bertz CT molecular complexity index is 600. The first-order chi connectivity index (χ1) is 9.61. The molecule has 1 heterocycles. The molecule has 1 atom stereocenters. The molecule has 3 N–H and O–H groups in total. The summed E-state index contributed by atoms with van der Waals surface area (Å²) in [5.74, 6) is -0.202. The van der Waals surface area contributed by atoms with Crippen LogP contribution in [0.1, 0.15) is 19.8 Å². The highest BCUT2D eigenvalue weighted by molar-refractivity contribution is 7.14. The minimum absolute atomic E-state index is 0.202. The molecule has 4 nitrogen and oxygen atoms in total. The predicted octanol–water partition coefficient (Wildman–Crippen LogP) is 3.53. The highest BCUT2D eigenvalue weighted by Gasteiger charge is 2.15. The molecule has 1 aromatic heterocycles. The normalized spacial score (nSPS) is 12.2. The minimum Gasteiger partial charge on any atom is -0.320 e. The molecule has 0 saturated heterocycles. The smallest absolute Gasteiger partial charge is 0.243 e. The van der Waals surface area contributed by atoms with E-state index in [1.807, 2.05) is 36.6 Å². The monoisotopic (exact) mass is 309 g/mol. The Kier molecular flexibility index (Phi) is 5.11. The molecule has 0 aliphatic heterocycles. The van der Waals surface area contributed by atoms with Crippen molar-refractivity contribution in [2.75, 3.05) is 5.32 Å². The van der Waals surface area contributed by atoms with E-state index < -0.39 is 6.04 Å². The van der Waals surface area contributed by atoms with Crippen molar-refractivity contribution in [2.24, 2.45) is 5.73 Å². The molecule has 2 rings (SSSR count). The molecule has 1 aromatic carbocycles. The van der Waals surface area contributed by atoms with Gasteiger partial charge in [-0.2, -0.15) is 0 Å². The number of carbonyl (C=O) groups excluding carboxylic acids is 1. The van der Waals surface area contributed by atoms with Crippen molar-refractivity contribution in [3.8, 4) is 11.3 Å². The number of aromatic nitrogens is 1. The van der Waals surface area contributed by atoms with Crippen LogP contribution in [0.4, 0.5) is 5.13 Å². The number of nitrogens with one attached hydrogen (secondary N) is 1. The van der Waals surface area contributed by atoms with Gasteiger partial charge in [0.05, 0.1) is 11.7 Å². The zero-order valence-electron chi connectivity index (χ0n) is 11.1. The van der Waals surface area contributed by atoms with E-state index in [9.17, 15) is 4.79 Å². The van der Waals surface area contributed by atoms with Crippen LogP contribution >= 0.6 is 22.9 Å². The summed E-state index contributed by atoms with van der Waals surface area (Å²) in [6, 6.07) is 6.98. The number of anilines is 1. The number of benzene rings is 1. The minimum atomic E-state index is -0.493. The van der Waals surface area contributed by atoms with Crippen LogP contribution in [0.3, 0.4) is 0 Å². The van der Waals surface area contributed by atoms with Crippen LogP contribution in [-0.4, -0.2) is 16.9 Å². The second-order valence-corrected chi connectivity index (χ2v) is 5.67. The van der Waals surface area contributed by atoms with Crippen LogP contribution in [0.2, 0.25) is 5.02 Å². The first-order valence-electron chi connectivity index (χ1n) is 6.38. The molecule has 106 valence electrons. The van der Waals surface area contributed by atoms with Crippen molar-refractivity contribution in [2.45, 2.75) is 25.8 Å². The van der Waals surface area contributed by atoms with E-state index >= 15 is 0 Å². The second-order valence-electron chi connectivity index (χ2n) is 4.40. The van der Waals surface area contributed by atoms with E-state index in [1.165, 1.54) is 11.3 Å². The van der Waals surface area contributed by atoms with Gasteiger partial charge in [0.25, 0.3) is 0 Å². The molecule has 0 aliphatic carbocycles. The van der Waals surface area contributed by atoms with Crippen LogP contribution in [0.5, 0.6) is 0 Å². The number of thiazole rings is 1. The van der Waals surface area contributed by atoms with E-state index in [4.69, 9.17) is 17.3 Å². The van der Waals surface area contributed by atoms with Gasteiger partial charge in [0, 0.05) is 16.0 Å². The maximum atomic E-state index is 11.8. The van der Waals surface area contributed by atoms with Crippen LogP contribution in [-0.2, 0) is 4.79 Å². The maximum Gasteiger partial charge on any atom is 0.243 e. The largest absolute Gasteiger partial charge is 0.320 e. The van der Waals surface area contributed by atoms with Crippen molar-refractivity contribution < 1.29 is 4.79 Å². The van der Waals surface area contributed by atoms with Crippen molar-refractivity contribution in [1.82, 2.24) is 4.98 Å². The zero-order valence-corrected chi connectivity index (χ0v) is 12.7. The molecule has 2 aromatic rings. The summed E-state index contributed by atoms with van der Waals surface area (Å²) in [6.07, 6.45) is 1.53. The zero-order chi connectivity index (χ0) is 14.5. The molecular formula is C14H16ClN3OS. The van der Waals surface area contributed by atoms with E-state index in [-0.39, 0.29) is 5.91 Å². The summed E-state index contributed by atoms with van der Waals surface area (Å²) in [5, 5.41) is 5.78. The van der Waals surface area contributed by atoms with Crippen molar-refractivity contribution >= 4 is 34.0 Å². The first-order valence-corrected chi connectivity index (χ1v) is 7.64. The Morgan fingerprint density at radius 2 is 2.25 bits per heavy atom. The lowest BCUT2D eigenvalue weighted by molar-refractivity contribution is -0.117. The molecule has 0 spiro atoms. The lowest BCUT2D eigenvalue weighted by atomic mass is 10.2. The quantitative estimate of drug-likeness (QED) is 0.887. The van der Waals surface area contributed by atoms with Crippen LogP contribution in [0.15, 0.2) is 29.6 Å². The number of carbonyl (C=O) groups is 1. The summed E-state index contributed by atoms with van der Waals surface area (Å²) in [5.41, 5.74) is 7.36. The Labute approximate surface area is 127 Å². The number of halogens is 1. The fraction of sp³-hybridized carbons (Fsp3) is 0.286. The molecule has 6 heteroatoms. The highest BCUT2D eigenvalue weighted by Crippen LogP contribution is 2.30. The fourth-order valence-corrected chi connectivity index (χ4v) is 2.71. The summed E-state index contributed by atoms with van der Waals surface area (Å²) < 4.78 is 0. The van der Waals surface area contributed by atoms with Crippen LogP contribution < -0.4 is 11.1 Å². The van der Waals surface area contributed by atoms with Gasteiger partial charge in [-0.3, -0.25) is 4.79 Å². The van der Waals surface area contributed by atoms with E-state index in [0.717, 1.165) is 17.7 Å². The molecule has 1 unspecified atom stereocenters. The molecule has 1 amide bonds. The van der Waals surface area contributed by atoms with Gasteiger partial charge in [-0.15, -0.1) is 11.3 Å². The Morgan fingerprint density at radius 1 is 1.50 bits per heavy atom. The number of nitrogens with zero attached hydrogens (tertiary/aromatic N) is 1. The Morgan fingerprint density at radius 3 is 2.95 bits per heavy atom. The third-order valence-electron chi connectivity index (χ3n) is 2.82. The first kappa shape index (κ1) is 15.0. The lowest BCUT2D eigenvalue weighted by Gasteiger charge is -2.08.